The zero-order valence-corrected chi connectivity index (χ0v) is 20.3. The Labute approximate surface area is 214 Å². The standard InChI is InChI=1S/C27H20N4O7/c1-14-5-3-4-6-16(14)15(2)35-26(34)30-21-17-9-12-28-13-19(17)36-18(21)7-8-20-29-22-23(37-20)38-24(31-22)27(10-11-27)25(32)33/h3-6,9,12-13,15H,10-11H2,1-2H3,(H,30,34)(H,32,33). The van der Waals surface area contributed by atoms with Gasteiger partial charge in [0, 0.05) is 17.5 Å². The fourth-order valence-electron chi connectivity index (χ4n) is 4.22. The number of aliphatic carboxylic acids is 1. The molecule has 1 saturated carbocycles. The van der Waals surface area contributed by atoms with Gasteiger partial charge in [-0.3, -0.25) is 15.1 Å². The van der Waals surface area contributed by atoms with Crippen LogP contribution in [0.3, 0.4) is 0 Å². The summed E-state index contributed by atoms with van der Waals surface area (Å²) in [5, 5.41) is 12.7. The lowest BCUT2D eigenvalue weighted by molar-refractivity contribution is -0.140. The van der Waals surface area contributed by atoms with Crippen molar-refractivity contribution in [2.45, 2.75) is 38.2 Å². The van der Waals surface area contributed by atoms with E-state index in [9.17, 15) is 14.7 Å². The number of aromatic nitrogens is 3. The highest BCUT2D eigenvalue weighted by atomic mass is 16.6. The number of ether oxygens (including phenoxy) is 1. The highest BCUT2D eigenvalue weighted by Gasteiger charge is 2.56. The second-order valence-electron chi connectivity index (χ2n) is 8.99. The molecule has 0 bridgehead atoms. The van der Waals surface area contributed by atoms with Crippen LogP contribution < -0.4 is 5.32 Å². The normalized spacial score (nSPS) is 14.6. The van der Waals surface area contributed by atoms with Gasteiger partial charge in [0.2, 0.25) is 17.3 Å². The Bertz CT molecular complexity index is 1750. The summed E-state index contributed by atoms with van der Waals surface area (Å²) in [6.45, 7) is 3.74. The van der Waals surface area contributed by atoms with Gasteiger partial charge in [-0.1, -0.05) is 24.3 Å². The number of carboxylic acids is 1. The number of nitrogens with zero attached hydrogens (tertiary/aromatic N) is 3. The Kier molecular flexibility index (Phi) is 5.38. The number of carbonyl (C=O) groups excluding carboxylic acids is 1. The quantitative estimate of drug-likeness (QED) is 0.304. The van der Waals surface area contributed by atoms with Crippen molar-refractivity contribution in [2.24, 2.45) is 0 Å². The van der Waals surface area contributed by atoms with Crippen LogP contribution in [0.2, 0.25) is 0 Å². The minimum atomic E-state index is -1.11. The molecule has 11 heteroatoms. The van der Waals surface area contributed by atoms with Gasteiger partial charge in [-0.05, 0) is 49.8 Å². The van der Waals surface area contributed by atoms with Crippen molar-refractivity contribution < 1.29 is 32.7 Å². The van der Waals surface area contributed by atoms with E-state index in [0.29, 0.717) is 29.5 Å². The fourth-order valence-corrected chi connectivity index (χ4v) is 4.22. The van der Waals surface area contributed by atoms with Crippen molar-refractivity contribution in [3.05, 3.63) is 71.4 Å². The first kappa shape index (κ1) is 23.3. The topological polar surface area (TPSA) is 154 Å². The molecule has 1 amide bonds. The van der Waals surface area contributed by atoms with Crippen LogP contribution in [0.15, 0.2) is 56.0 Å². The average Bonchev–Trinajstić information content (AvgIpc) is 3.32. The average molecular weight is 512 g/mol. The number of oxazole rings is 2. The van der Waals surface area contributed by atoms with Crippen LogP contribution in [0.5, 0.6) is 0 Å². The van der Waals surface area contributed by atoms with Crippen molar-refractivity contribution in [1.29, 1.82) is 0 Å². The van der Waals surface area contributed by atoms with Crippen LogP contribution >= 0.6 is 0 Å². The molecule has 38 heavy (non-hydrogen) atoms. The van der Waals surface area contributed by atoms with E-state index in [2.05, 4.69) is 32.1 Å². The maximum Gasteiger partial charge on any atom is 0.412 e. The number of hydrogen-bond acceptors (Lipinski definition) is 9. The van der Waals surface area contributed by atoms with E-state index in [0.717, 1.165) is 11.1 Å². The van der Waals surface area contributed by atoms with E-state index in [-0.39, 0.29) is 29.0 Å². The van der Waals surface area contributed by atoms with Crippen LogP contribution in [0, 0.1) is 18.8 Å². The third-order valence-electron chi connectivity index (χ3n) is 6.46. The molecular formula is C27H20N4O7. The largest absolute Gasteiger partial charge is 0.480 e. The molecule has 4 heterocycles. The molecule has 1 aliphatic carbocycles. The van der Waals surface area contributed by atoms with E-state index in [4.69, 9.17) is 18.0 Å². The fraction of sp³-hybridized carbons (Fsp3) is 0.222. The molecule has 11 nitrogen and oxygen atoms in total. The minimum absolute atomic E-state index is 0.0155. The van der Waals surface area contributed by atoms with Crippen molar-refractivity contribution in [3.63, 3.8) is 0 Å². The summed E-state index contributed by atoms with van der Waals surface area (Å²) in [4.78, 5) is 36.7. The van der Waals surface area contributed by atoms with E-state index in [1.807, 2.05) is 31.2 Å². The molecule has 1 unspecified atom stereocenters. The van der Waals surface area contributed by atoms with Crippen LogP contribution in [-0.4, -0.2) is 32.1 Å². The first-order chi connectivity index (χ1) is 18.3. The van der Waals surface area contributed by atoms with Gasteiger partial charge >= 0.3 is 17.8 Å². The summed E-state index contributed by atoms with van der Waals surface area (Å²) in [6.07, 6.45) is 2.80. The Balaban J connectivity index is 1.26. The van der Waals surface area contributed by atoms with E-state index >= 15 is 0 Å². The SMILES string of the molecule is Cc1ccccc1C(C)OC(=O)Nc1c(C#Cc2nc3nc(C4(C(=O)O)CC4)oc3o2)oc2cnccc12. The van der Waals surface area contributed by atoms with Crippen LogP contribution in [0.4, 0.5) is 10.5 Å². The molecule has 0 aliphatic heterocycles. The third kappa shape index (κ3) is 4.02. The predicted octanol–water partition coefficient (Wildman–Crippen LogP) is 5.09. The number of nitrogens with one attached hydrogen (secondary N) is 1. The second kappa shape index (κ2) is 8.77. The summed E-state index contributed by atoms with van der Waals surface area (Å²) in [5.74, 6) is 4.73. The summed E-state index contributed by atoms with van der Waals surface area (Å²) >= 11 is 0. The number of carbonyl (C=O) groups is 2. The number of fused-ring (bicyclic) bond motifs is 2. The first-order valence-electron chi connectivity index (χ1n) is 11.8. The van der Waals surface area contributed by atoms with Gasteiger partial charge in [-0.25, -0.2) is 4.79 Å². The van der Waals surface area contributed by atoms with Crippen molar-refractivity contribution in [3.8, 4) is 11.8 Å². The summed E-state index contributed by atoms with van der Waals surface area (Å²) in [6, 6.07) is 9.34. The number of carboxylic acid groups (broad SMARTS) is 1. The van der Waals surface area contributed by atoms with Crippen molar-refractivity contribution >= 4 is 40.1 Å². The van der Waals surface area contributed by atoms with Crippen LogP contribution in [0.25, 0.3) is 22.4 Å². The molecule has 1 fully saturated rings. The van der Waals surface area contributed by atoms with Gasteiger partial charge in [0.05, 0.1) is 6.20 Å². The van der Waals surface area contributed by atoms with Crippen molar-refractivity contribution in [2.75, 3.05) is 5.32 Å². The number of rotatable bonds is 5. The molecule has 0 saturated heterocycles. The molecular weight excluding hydrogens is 492 g/mol. The lowest BCUT2D eigenvalue weighted by atomic mass is 10.1. The third-order valence-corrected chi connectivity index (χ3v) is 6.46. The lowest BCUT2D eigenvalue weighted by Gasteiger charge is -2.16. The van der Waals surface area contributed by atoms with Gasteiger partial charge in [-0.2, -0.15) is 9.97 Å². The number of amides is 1. The molecule has 5 aromatic rings. The van der Waals surface area contributed by atoms with Gasteiger partial charge in [0.1, 0.15) is 17.2 Å². The second-order valence-corrected chi connectivity index (χ2v) is 8.99. The number of benzene rings is 1. The summed E-state index contributed by atoms with van der Waals surface area (Å²) in [7, 11) is 0. The first-order valence-corrected chi connectivity index (χ1v) is 11.8. The zero-order chi connectivity index (χ0) is 26.4. The minimum Gasteiger partial charge on any atom is -0.480 e. The predicted molar refractivity (Wildman–Crippen MR) is 132 cm³/mol. The highest BCUT2D eigenvalue weighted by molar-refractivity contribution is 6.00. The number of pyridine rings is 1. The molecule has 1 atom stereocenters. The van der Waals surface area contributed by atoms with Gasteiger partial charge in [0.25, 0.3) is 5.89 Å². The Morgan fingerprint density at radius 1 is 1.13 bits per heavy atom. The smallest absolute Gasteiger partial charge is 0.412 e. The van der Waals surface area contributed by atoms with Crippen LogP contribution in [-0.2, 0) is 14.9 Å². The molecule has 6 rings (SSSR count). The monoisotopic (exact) mass is 512 g/mol. The van der Waals surface area contributed by atoms with Gasteiger partial charge < -0.3 is 23.1 Å². The van der Waals surface area contributed by atoms with E-state index in [1.165, 1.54) is 6.20 Å². The molecule has 1 aromatic carbocycles. The Hall–Kier alpha value is -5.11. The van der Waals surface area contributed by atoms with E-state index < -0.39 is 23.6 Å². The number of anilines is 1. The molecule has 2 N–H and O–H groups in total. The molecule has 0 spiro atoms. The summed E-state index contributed by atoms with van der Waals surface area (Å²) < 4.78 is 22.4. The molecule has 0 radical (unpaired) electrons. The molecule has 4 aromatic heterocycles. The molecule has 1 aliphatic rings. The van der Waals surface area contributed by atoms with E-state index in [1.54, 1.807) is 19.2 Å². The number of hydrogen-bond donors (Lipinski definition) is 2. The lowest BCUT2D eigenvalue weighted by Crippen LogP contribution is -2.19. The Morgan fingerprint density at radius 2 is 1.95 bits per heavy atom. The van der Waals surface area contributed by atoms with Gasteiger partial charge in [-0.15, -0.1) is 0 Å². The number of furan rings is 1. The summed E-state index contributed by atoms with van der Waals surface area (Å²) in [5.41, 5.74) is 1.64. The van der Waals surface area contributed by atoms with Gasteiger partial charge in [0.15, 0.2) is 5.58 Å². The highest BCUT2D eigenvalue weighted by Crippen LogP contribution is 2.48. The number of aryl methyl sites for hydroxylation is 1. The maximum absolute atomic E-state index is 12.8. The maximum atomic E-state index is 12.8. The Morgan fingerprint density at radius 3 is 2.68 bits per heavy atom. The molecule has 190 valence electrons. The van der Waals surface area contributed by atoms with Crippen LogP contribution in [0.1, 0.15) is 54.5 Å². The zero-order valence-electron chi connectivity index (χ0n) is 20.3. The van der Waals surface area contributed by atoms with Crippen molar-refractivity contribution in [1.82, 2.24) is 15.0 Å².